The third kappa shape index (κ3) is 2.51. The van der Waals surface area contributed by atoms with Gasteiger partial charge in [-0.2, -0.15) is 0 Å². The fourth-order valence-electron chi connectivity index (χ4n) is 2.28. The Balaban J connectivity index is 2.33. The Morgan fingerprint density at radius 2 is 2.12 bits per heavy atom. The Morgan fingerprint density at radius 3 is 2.82 bits per heavy atom. The first-order valence-electron chi connectivity index (χ1n) is 6.15. The molecule has 92 valence electrons. The van der Waals surface area contributed by atoms with E-state index in [1.54, 1.807) is 0 Å². The highest BCUT2D eigenvalue weighted by Gasteiger charge is 2.09. The Bertz CT molecular complexity index is 490. The van der Waals surface area contributed by atoms with Crippen molar-refractivity contribution in [3.63, 3.8) is 0 Å². The van der Waals surface area contributed by atoms with Crippen LogP contribution < -0.4 is 5.32 Å². The second-order valence-electron chi connectivity index (χ2n) is 4.39. The molecular formula is C14H20N2O. The second kappa shape index (κ2) is 5.34. The smallest absolute Gasteiger partial charge is 0.0843 e. The second-order valence-corrected chi connectivity index (χ2v) is 4.39. The van der Waals surface area contributed by atoms with Crippen molar-refractivity contribution in [1.29, 1.82) is 0 Å². The van der Waals surface area contributed by atoms with Crippen LogP contribution in [-0.4, -0.2) is 29.4 Å². The van der Waals surface area contributed by atoms with Gasteiger partial charge in [-0.05, 0) is 25.1 Å². The molecule has 1 atom stereocenters. The van der Waals surface area contributed by atoms with Gasteiger partial charge in [0.1, 0.15) is 0 Å². The number of likely N-dealkylation sites (N-methyl/N-ethyl adjacent to an activating group) is 1. The van der Waals surface area contributed by atoms with Gasteiger partial charge in [0.05, 0.1) is 6.10 Å². The van der Waals surface area contributed by atoms with Gasteiger partial charge < -0.3 is 15.0 Å². The minimum atomic E-state index is -0.347. The van der Waals surface area contributed by atoms with Gasteiger partial charge in [-0.15, -0.1) is 0 Å². The summed E-state index contributed by atoms with van der Waals surface area (Å²) in [5, 5.41) is 14.2. The van der Waals surface area contributed by atoms with Crippen LogP contribution in [0.4, 0.5) is 0 Å². The molecule has 0 aliphatic rings. The molecule has 0 spiro atoms. The summed E-state index contributed by atoms with van der Waals surface area (Å²) in [6, 6.07) is 8.37. The summed E-state index contributed by atoms with van der Waals surface area (Å²) in [5.74, 6) is 0. The van der Waals surface area contributed by atoms with Gasteiger partial charge in [-0.25, -0.2) is 0 Å². The largest absolute Gasteiger partial charge is 0.390 e. The third-order valence-electron chi connectivity index (χ3n) is 3.10. The molecule has 0 aliphatic heterocycles. The molecule has 1 aromatic heterocycles. The first-order valence-corrected chi connectivity index (χ1v) is 6.15. The van der Waals surface area contributed by atoms with Gasteiger partial charge in [0.2, 0.25) is 0 Å². The zero-order valence-electron chi connectivity index (χ0n) is 10.5. The summed E-state index contributed by atoms with van der Waals surface area (Å²) in [4.78, 5) is 0. The van der Waals surface area contributed by atoms with E-state index >= 15 is 0 Å². The standard InChI is InChI=1S/C14H20N2O/c1-3-11-9-16(10-12(17)8-15-2)14-7-5-4-6-13(11)14/h4-7,9,12,15,17H,3,8,10H2,1-2H3. The van der Waals surface area contributed by atoms with E-state index < -0.39 is 0 Å². The Labute approximate surface area is 102 Å². The Hall–Kier alpha value is -1.32. The normalized spacial score (nSPS) is 13.1. The highest BCUT2D eigenvalue weighted by molar-refractivity contribution is 5.83. The van der Waals surface area contributed by atoms with E-state index in [9.17, 15) is 5.11 Å². The van der Waals surface area contributed by atoms with Crippen LogP contribution in [0.15, 0.2) is 30.5 Å². The lowest BCUT2D eigenvalue weighted by atomic mass is 10.1. The predicted molar refractivity (Wildman–Crippen MR) is 71.2 cm³/mol. The van der Waals surface area contributed by atoms with Crippen LogP contribution in [0.25, 0.3) is 10.9 Å². The average Bonchev–Trinajstić information content (AvgIpc) is 2.68. The minimum Gasteiger partial charge on any atom is -0.390 e. The Morgan fingerprint density at radius 1 is 1.35 bits per heavy atom. The van der Waals surface area contributed by atoms with E-state index in [0.29, 0.717) is 13.1 Å². The van der Waals surface area contributed by atoms with Crippen molar-refractivity contribution in [3.8, 4) is 0 Å². The number of para-hydroxylation sites is 1. The molecule has 3 heteroatoms. The van der Waals surface area contributed by atoms with Gasteiger partial charge >= 0.3 is 0 Å². The zero-order chi connectivity index (χ0) is 12.3. The summed E-state index contributed by atoms with van der Waals surface area (Å²) in [6.07, 6.45) is 2.83. The van der Waals surface area contributed by atoms with Crippen molar-refractivity contribution in [1.82, 2.24) is 9.88 Å². The van der Waals surface area contributed by atoms with Crippen LogP contribution >= 0.6 is 0 Å². The molecule has 1 heterocycles. The molecular weight excluding hydrogens is 212 g/mol. The molecule has 2 rings (SSSR count). The number of aromatic nitrogens is 1. The topological polar surface area (TPSA) is 37.2 Å². The number of nitrogens with zero attached hydrogens (tertiary/aromatic N) is 1. The summed E-state index contributed by atoms with van der Waals surface area (Å²) in [7, 11) is 1.86. The molecule has 2 N–H and O–H groups in total. The van der Waals surface area contributed by atoms with Crippen molar-refractivity contribution in [2.75, 3.05) is 13.6 Å². The number of fused-ring (bicyclic) bond motifs is 1. The number of hydrogen-bond acceptors (Lipinski definition) is 2. The summed E-state index contributed by atoms with van der Waals surface area (Å²) in [5.41, 5.74) is 2.55. The Kier molecular flexibility index (Phi) is 3.82. The number of hydrogen-bond donors (Lipinski definition) is 2. The lowest BCUT2D eigenvalue weighted by Crippen LogP contribution is -2.27. The van der Waals surface area contributed by atoms with E-state index in [0.717, 1.165) is 6.42 Å². The molecule has 1 unspecified atom stereocenters. The highest BCUT2D eigenvalue weighted by Crippen LogP contribution is 2.21. The van der Waals surface area contributed by atoms with Crippen molar-refractivity contribution in [2.45, 2.75) is 26.0 Å². The lowest BCUT2D eigenvalue weighted by molar-refractivity contribution is 0.155. The van der Waals surface area contributed by atoms with Crippen molar-refractivity contribution in [3.05, 3.63) is 36.0 Å². The molecule has 17 heavy (non-hydrogen) atoms. The lowest BCUT2D eigenvalue weighted by Gasteiger charge is -2.11. The number of aryl methyl sites for hydroxylation is 1. The number of aliphatic hydroxyl groups is 1. The molecule has 3 nitrogen and oxygen atoms in total. The monoisotopic (exact) mass is 232 g/mol. The van der Waals surface area contributed by atoms with Gasteiger partial charge in [0, 0.05) is 30.2 Å². The fraction of sp³-hybridized carbons (Fsp3) is 0.429. The molecule has 0 radical (unpaired) electrons. The molecule has 0 saturated carbocycles. The van der Waals surface area contributed by atoms with E-state index in [2.05, 4.69) is 41.2 Å². The van der Waals surface area contributed by atoms with Crippen molar-refractivity contribution in [2.24, 2.45) is 0 Å². The van der Waals surface area contributed by atoms with Crippen molar-refractivity contribution >= 4 is 10.9 Å². The molecule has 1 aromatic carbocycles. The van der Waals surface area contributed by atoms with Crippen LogP contribution in [-0.2, 0) is 13.0 Å². The first kappa shape index (κ1) is 12.1. The summed E-state index contributed by atoms with van der Waals surface area (Å²) in [6.45, 7) is 3.42. The molecule has 0 bridgehead atoms. The van der Waals surface area contributed by atoms with Crippen LogP contribution in [0.2, 0.25) is 0 Å². The van der Waals surface area contributed by atoms with Crippen LogP contribution in [0, 0.1) is 0 Å². The van der Waals surface area contributed by atoms with Gasteiger partial charge in [-0.1, -0.05) is 25.1 Å². The van der Waals surface area contributed by atoms with E-state index in [1.165, 1.54) is 16.5 Å². The quantitative estimate of drug-likeness (QED) is 0.824. The third-order valence-corrected chi connectivity index (χ3v) is 3.10. The number of rotatable bonds is 5. The maximum absolute atomic E-state index is 9.86. The van der Waals surface area contributed by atoms with Crippen LogP contribution in [0.1, 0.15) is 12.5 Å². The van der Waals surface area contributed by atoms with Gasteiger partial charge in [-0.3, -0.25) is 0 Å². The number of nitrogens with one attached hydrogen (secondary N) is 1. The number of benzene rings is 1. The maximum Gasteiger partial charge on any atom is 0.0843 e. The van der Waals surface area contributed by atoms with E-state index in [4.69, 9.17) is 0 Å². The van der Waals surface area contributed by atoms with Gasteiger partial charge in [0.15, 0.2) is 0 Å². The fourth-order valence-corrected chi connectivity index (χ4v) is 2.28. The van der Waals surface area contributed by atoms with Crippen molar-refractivity contribution < 1.29 is 5.11 Å². The molecule has 0 amide bonds. The summed E-state index contributed by atoms with van der Waals surface area (Å²) < 4.78 is 2.15. The van der Waals surface area contributed by atoms with Crippen LogP contribution in [0.5, 0.6) is 0 Å². The molecule has 0 saturated heterocycles. The number of aliphatic hydroxyl groups excluding tert-OH is 1. The molecule has 0 aliphatic carbocycles. The van der Waals surface area contributed by atoms with E-state index in [1.807, 2.05) is 13.1 Å². The molecule has 2 aromatic rings. The van der Waals surface area contributed by atoms with Crippen LogP contribution in [0.3, 0.4) is 0 Å². The zero-order valence-corrected chi connectivity index (χ0v) is 10.5. The SMILES string of the molecule is CCc1cn(CC(O)CNC)c2ccccc12. The average molecular weight is 232 g/mol. The van der Waals surface area contributed by atoms with Gasteiger partial charge in [0.25, 0.3) is 0 Å². The highest BCUT2D eigenvalue weighted by atomic mass is 16.3. The first-order chi connectivity index (χ1) is 8.26. The predicted octanol–water partition coefficient (Wildman–Crippen LogP) is 1.78. The summed E-state index contributed by atoms with van der Waals surface area (Å²) >= 11 is 0. The van der Waals surface area contributed by atoms with E-state index in [-0.39, 0.29) is 6.10 Å². The molecule has 0 fully saturated rings. The minimum absolute atomic E-state index is 0.347. The maximum atomic E-state index is 9.86.